The molecule has 93 valence electrons. The highest BCUT2D eigenvalue weighted by atomic mass is 35.5. The topological polar surface area (TPSA) is 14.1 Å². The smallest absolute Gasteiger partial charge is 0.240 e. The maximum Gasteiger partial charge on any atom is 0.399 e. The predicted molar refractivity (Wildman–Crippen MR) is 60.7 cm³/mol. The molecule has 1 aliphatic heterocycles. The zero-order chi connectivity index (χ0) is 12.7. The van der Waals surface area contributed by atoms with Gasteiger partial charge in [0.05, 0.1) is 0 Å². The Morgan fingerprint density at radius 2 is 1.71 bits per heavy atom. The first-order valence-corrected chi connectivity index (χ1v) is 5.77. The first-order chi connectivity index (χ1) is 7.85. The highest BCUT2D eigenvalue weighted by molar-refractivity contribution is 6.34. The summed E-state index contributed by atoms with van der Waals surface area (Å²) >= 11 is 11.5. The van der Waals surface area contributed by atoms with Crippen LogP contribution in [0.2, 0.25) is 10.0 Å². The molecule has 0 aliphatic carbocycles. The summed E-state index contributed by atoms with van der Waals surface area (Å²) < 4.78 is 39.7. The minimum absolute atomic E-state index is 0.0484. The van der Waals surface area contributed by atoms with Crippen molar-refractivity contribution >= 4 is 23.2 Å². The van der Waals surface area contributed by atoms with Crippen LogP contribution in [0.1, 0.15) is 12.0 Å². The Balaban J connectivity index is 2.53. The summed E-state index contributed by atoms with van der Waals surface area (Å²) in [5.74, 6) is 0. The van der Waals surface area contributed by atoms with Gasteiger partial charge in [-0.25, -0.2) is 5.32 Å². The summed E-state index contributed by atoms with van der Waals surface area (Å²) in [7, 11) is 0. The first kappa shape index (κ1) is 13.0. The van der Waals surface area contributed by atoms with Crippen molar-refractivity contribution in [2.45, 2.75) is 18.0 Å². The second kappa shape index (κ2) is 4.34. The van der Waals surface area contributed by atoms with Gasteiger partial charge in [0.15, 0.2) is 0 Å². The van der Waals surface area contributed by atoms with E-state index in [1.165, 1.54) is 18.2 Å². The Labute approximate surface area is 107 Å². The Hall–Kier alpha value is -0.450. The predicted octanol–water partition coefficient (Wildman–Crippen LogP) is 3.80. The van der Waals surface area contributed by atoms with Gasteiger partial charge < -0.3 is 0 Å². The van der Waals surface area contributed by atoms with Gasteiger partial charge in [-0.1, -0.05) is 23.2 Å². The van der Waals surface area contributed by atoms with Crippen LogP contribution >= 0.6 is 23.2 Å². The maximum absolute atomic E-state index is 13.2. The van der Waals surface area contributed by atoms with Crippen molar-refractivity contribution in [3.63, 3.8) is 0 Å². The van der Waals surface area contributed by atoms with Gasteiger partial charge >= 0.3 is 6.18 Å². The normalized spacial score (nSPS) is 25.2. The van der Waals surface area contributed by atoms with Gasteiger partial charge in [-0.2, -0.15) is 13.2 Å². The SMILES string of the molecule is FC(F)(F)C1(c2cc(Cl)cc(Cl)c2)CC[N]C1. The van der Waals surface area contributed by atoms with E-state index < -0.39 is 11.6 Å². The first-order valence-electron chi connectivity index (χ1n) is 5.02. The fourth-order valence-electron chi connectivity index (χ4n) is 2.08. The van der Waals surface area contributed by atoms with Crippen LogP contribution in [0.5, 0.6) is 0 Å². The van der Waals surface area contributed by atoms with E-state index in [1.807, 2.05) is 0 Å². The van der Waals surface area contributed by atoms with Crippen LogP contribution in [0.4, 0.5) is 13.2 Å². The van der Waals surface area contributed by atoms with Crippen molar-refractivity contribution in [2.24, 2.45) is 0 Å². The van der Waals surface area contributed by atoms with Gasteiger partial charge in [-0.15, -0.1) is 0 Å². The molecule has 1 saturated heterocycles. The van der Waals surface area contributed by atoms with Crippen molar-refractivity contribution < 1.29 is 13.2 Å². The van der Waals surface area contributed by atoms with E-state index in [1.54, 1.807) is 0 Å². The number of hydrogen-bond acceptors (Lipinski definition) is 0. The van der Waals surface area contributed by atoms with Crippen molar-refractivity contribution in [1.82, 2.24) is 5.32 Å². The van der Waals surface area contributed by atoms with E-state index in [4.69, 9.17) is 23.2 Å². The number of benzene rings is 1. The van der Waals surface area contributed by atoms with Gasteiger partial charge in [0.25, 0.3) is 0 Å². The van der Waals surface area contributed by atoms with Crippen LogP contribution in [-0.4, -0.2) is 19.3 Å². The van der Waals surface area contributed by atoms with Crippen LogP contribution in [0.15, 0.2) is 18.2 Å². The van der Waals surface area contributed by atoms with Crippen molar-refractivity contribution in [3.05, 3.63) is 33.8 Å². The third-order valence-corrected chi connectivity index (χ3v) is 3.47. The van der Waals surface area contributed by atoms with Crippen LogP contribution in [0.3, 0.4) is 0 Å². The second-order valence-corrected chi connectivity index (χ2v) is 4.97. The molecule has 17 heavy (non-hydrogen) atoms. The lowest BCUT2D eigenvalue weighted by atomic mass is 9.79. The number of rotatable bonds is 1. The summed E-state index contributed by atoms with van der Waals surface area (Å²) in [5.41, 5.74) is -1.83. The summed E-state index contributed by atoms with van der Waals surface area (Å²) in [6.45, 7) is -0.0448. The lowest BCUT2D eigenvalue weighted by Crippen LogP contribution is -2.43. The summed E-state index contributed by atoms with van der Waals surface area (Å²) in [6, 6.07) is 4.06. The Kier molecular flexibility index (Phi) is 3.31. The summed E-state index contributed by atoms with van der Waals surface area (Å²) in [4.78, 5) is 0. The fourth-order valence-corrected chi connectivity index (χ4v) is 2.61. The average Bonchev–Trinajstić information content (AvgIpc) is 2.64. The molecule has 6 heteroatoms. The standard InChI is InChI=1S/C11H9Cl2F3N/c12-8-3-7(4-9(13)5-8)10(11(14,15)16)1-2-17-6-10/h3-5H,1-2,6H2. The second-order valence-electron chi connectivity index (χ2n) is 4.09. The van der Waals surface area contributed by atoms with Gasteiger partial charge in [0, 0.05) is 23.1 Å². The van der Waals surface area contributed by atoms with E-state index >= 15 is 0 Å². The Bertz CT molecular complexity index is 405. The zero-order valence-electron chi connectivity index (χ0n) is 8.69. The van der Waals surface area contributed by atoms with Gasteiger partial charge in [0.1, 0.15) is 5.41 Å². The number of halogens is 5. The quantitative estimate of drug-likeness (QED) is 0.744. The molecular formula is C11H9Cl2F3N. The molecule has 0 amide bonds. The average molecular weight is 283 g/mol. The Morgan fingerprint density at radius 1 is 1.12 bits per heavy atom. The molecule has 0 aromatic heterocycles. The molecule has 1 nitrogen and oxygen atoms in total. The summed E-state index contributed by atoms with van der Waals surface area (Å²) in [5, 5.41) is 4.26. The third-order valence-electron chi connectivity index (χ3n) is 3.04. The maximum atomic E-state index is 13.2. The lowest BCUT2D eigenvalue weighted by molar-refractivity contribution is -0.185. The van der Waals surface area contributed by atoms with Gasteiger partial charge in [-0.3, -0.25) is 0 Å². The van der Waals surface area contributed by atoms with Crippen LogP contribution < -0.4 is 5.32 Å². The lowest BCUT2D eigenvalue weighted by Gasteiger charge is -2.31. The monoisotopic (exact) mass is 282 g/mol. The molecular weight excluding hydrogens is 274 g/mol. The molecule has 2 rings (SSSR count). The zero-order valence-corrected chi connectivity index (χ0v) is 10.2. The molecule has 1 atom stereocenters. The van der Waals surface area contributed by atoms with Crippen LogP contribution in [-0.2, 0) is 5.41 Å². The highest BCUT2D eigenvalue weighted by Gasteiger charge is 2.57. The Morgan fingerprint density at radius 3 is 2.12 bits per heavy atom. The molecule has 1 fully saturated rings. The molecule has 1 aromatic rings. The van der Waals surface area contributed by atoms with E-state index in [9.17, 15) is 13.2 Å². The number of hydrogen-bond donors (Lipinski definition) is 0. The van der Waals surface area contributed by atoms with E-state index in [-0.39, 0.29) is 35.1 Å². The van der Waals surface area contributed by atoms with Crippen molar-refractivity contribution in [2.75, 3.05) is 13.1 Å². The number of nitrogens with zero attached hydrogens (tertiary/aromatic N) is 1. The highest BCUT2D eigenvalue weighted by Crippen LogP contribution is 2.46. The molecule has 1 aromatic carbocycles. The van der Waals surface area contributed by atoms with Gasteiger partial charge in [0.2, 0.25) is 0 Å². The summed E-state index contributed by atoms with van der Waals surface area (Å²) in [6.07, 6.45) is -4.39. The molecule has 0 bridgehead atoms. The number of alkyl halides is 3. The molecule has 0 spiro atoms. The van der Waals surface area contributed by atoms with E-state index in [0.29, 0.717) is 0 Å². The third kappa shape index (κ3) is 2.26. The van der Waals surface area contributed by atoms with E-state index in [0.717, 1.165) is 0 Å². The largest absolute Gasteiger partial charge is 0.399 e. The minimum atomic E-state index is -4.35. The molecule has 1 unspecified atom stereocenters. The molecule has 0 saturated carbocycles. The molecule has 0 N–H and O–H groups in total. The van der Waals surface area contributed by atoms with Gasteiger partial charge in [-0.05, 0) is 30.2 Å². The van der Waals surface area contributed by atoms with Crippen LogP contribution in [0, 0.1) is 0 Å². The molecule has 1 heterocycles. The molecule has 1 radical (unpaired) electrons. The van der Waals surface area contributed by atoms with E-state index in [2.05, 4.69) is 5.32 Å². The minimum Gasteiger partial charge on any atom is -0.240 e. The van der Waals surface area contributed by atoms with Crippen LogP contribution in [0.25, 0.3) is 0 Å². The van der Waals surface area contributed by atoms with Crippen molar-refractivity contribution in [3.8, 4) is 0 Å². The van der Waals surface area contributed by atoms with Crippen molar-refractivity contribution in [1.29, 1.82) is 0 Å². The molecule has 1 aliphatic rings. The fraction of sp³-hybridized carbons (Fsp3) is 0.455.